The third kappa shape index (κ3) is 1.24. The number of nitrogens with one attached hydrogen (secondary N) is 1. The molecule has 1 atom stereocenters. The average molecular weight is 181 g/mol. The summed E-state index contributed by atoms with van der Waals surface area (Å²) in [6.45, 7) is 0. The third-order valence-corrected chi connectivity index (χ3v) is 2.15. The molecule has 0 fully saturated rings. The van der Waals surface area contributed by atoms with Gasteiger partial charge in [-0.05, 0) is 12.1 Å². The van der Waals surface area contributed by atoms with Crippen LogP contribution in [0.25, 0.3) is 0 Å². The molecule has 0 aromatic heterocycles. The number of anilines is 1. The monoisotopic (exact) mass is 181 g/mol. The Kier molecular flexibility index (Phi) is 1.69. The quantitative estimate of drug-likeness (QED) is 0.685. The van der Waals surface area contributed by atoms with E-state index < -0.39 is 12.0 Å². The number of carboxylic acids is 1. The van der Waals surface area contributed by atoms with Gasteiger partial charge < -0.3 is 10.4 Å². The Labute approximate surface area is 74.2 Å². The van der Waals surface area contributed by atoms with Crippen LogP contribution in [0.5, 0.6) is 0 Å². The molecule has 1 aromatic rings. The van der Waals surface area contributed by atoms with E-state index in [4.69, 9.17) is 5.11 Å². The second-order valence-corrected chi connectivity index (χ2v) is 3.01. The van der Waals surface area contributed by atoms with Crippen molar-refractivity contribution in [2.75, 3.05) is 5.32 Å². The van der Waals surface area contributed by atoms with Crippen molar-refractivity contribution in [2.24, 2.45) is 0 Å². The van der Waals surface area contributed by atoms with E-state index in [1.54, 1.807) is 12.1 Å². The summed E-state index contributed by atoms with van der Waals surface area (Å²) in [7, 11) is 0. The summed E-state index contributed by atoms with van der Waals surface area (Å²) in [4.78, 5) is 10.6. The number of halogens is 1. The van der Waals surface area contributed by atoms with Crippen LogP contribution in [0.2, 0.25) is 0 Å². The molecule has 4 heteroatoms. The molecule has 0 amide bonds. The maximum absolute atomic E-state index is 13.1. The Morgan fingerprint density at radius 1 is 1.62 bits per heavy atom. The second-order valence-electron chi connectivity index (χ2n) is 3.01. The van der Waals surface area contributed by atoms with Crippen molar-refractivity contribution in [3.63, 3.8) is 0 Å². The lowest BCUT2D eigenvalue weighted by atomic mass is 10.1. The molecule has 0 saturated carbocycles. The fraction of sp³-hybridized carbons (Fsp3) is 0.222. The molecule has 1 aliphatic rings. The molecule has 1 aromatic carbocycles. The SMILES string of the molecule is O=C(O)C1Cc2c(F)cccc2N1. The Morgan fingerprint density at radius 3 is 3.00 bits per heavy atom. The first kappa shape index (κ1) is 8.04. The van der Waals surface area contributed by atoms with Gasteiger partial charge in [-0.2, -0.15) is 0 Å². The van der Waals surface area contributed by atoms with Crippen molar-refractivity contribution in [1.82, 2.24) is 0 Å². The lowest BCUT2D eigenvalue weighted by Gasteiger charge is -2.02. The van der Waals surface area contributed by atoms with Gasteiger partial charge in [-0.15, -0.1) is 0 Å². The third-order valence-electron chi connectivity index (χ3n) is 2.15. The smallest absolute Gasteiger partial charge is 0.326 e. The summed E-state index contributed by atoms with van der Waals surface area (Å²) in [6.07, 6.45) is 0.220. The summed E-state index contributed by atoms with van der Waals surface area (Å²) in [5, 5.41) is 11.4. The van der Waals surface area contributed by atoms with Crippen LogP contribution in [0.15, 0.2) is 18.2 Å². The second kappa shape index (κ2) is 2.73. The van der Waals surface area contributed by atoms with Crippen LogP contribution in [0, 0.1) is 5.82 Å². The van der Waals surface area contributed by atoms with Crippen LogP contribution in [0.3, 0.4) is 0 Å². The number of carbonyl (C=O) groups is 1. The first-order chi connectivity index (χ1) is 6.18. The molecule has 3 nitrogen and oxygen atoms in total. The lowest BCUT2D eigenvalue weighted by molar-refractivity contribution is -0.137. The molecule has 0 aliphatic carbocycles. The van der Waals surface area contributed by atoms with Crippen LogP contribution in [-0.2, 0) is 11.2 Å². The van der Waals surface area contributed by atoms with Gasteiger partial charge in [-0.1, -0.05) is 6.07 Å². The predicted molar refractivity (Wildman–Crippen MR) is 45.2 cm³/mol. The van der Waals surface area contributed by atoms with Gasteiger partial charge in [0.1, 0.15) is 11.9 Å². The van der Waals surface area contributed by atoms with E-state index in [9.17, 15) is 9.18 Å². The topological polar surface area (TPSA) is 49.3 Å². The van der Waals surface area contributed by atoms with E-state index in [-0.39, 0.29) is 12.2 Å². The van der Waals surface area contributed by atoms with E-state index >= 15 is 0 Å². The van der Waals surface area contributed by atoms with Crippen molar-refractivity contribution >= 4 is 11.7 Å². The number of carboxylic acid groups (broad SMARTS) is 1. The highest BCUT2D eigenvalue weighted by Crippen LogP contribution is 2.27. The number of rotatable bonds is 1. The van der Waals surface area contributed by atoms with E-state index in [0.717, 1.165) is 0 Å². The van der Waals surface area contributed by atoms with Gasteiger partial charge in [-0.25, -0.2) is 9.18 Å². The van der Waals surface area contributed by atoms with Crippen LogP contribution in [0.1, 0.15) is 5.56 Å². The zero-order chi connectivity index (χ0) is 9.42. The number of aliphatic carboxylic acids is 1. The first-order valence-electron chi connectivity index (χ1n) is 3.95. The molecular weight excluding hydrogens is 173 g/mol. The van der Waals surface area contributed by atoms with Gasteiger partial charge in [0.2, 0.25) is 0 Å². The van der Waals surface area contributed by atoms with Gasteiger partial charge in [0.25, 0.3) is 0 Å². The zero-order valence-electron chi connectivity index (χ0n) is 6.75. The molecule has 0 bridgehead atoms. The minimum atomic E-state index is -0.949. The molecule has 1 unspecified atom stereocenters. The molecule has 13 heavy (non-hydrogen) atoms. The van der Waals surface area contributed by atoms with E-state index in [1.165, 1.54) is 6.07 Å². The first-order valence-corrected chi connectivity index (χ1v) is 3.95. The number of fused-ring (bicyclic) bond motifs is 1. The van der Waals surface area contributed by atoms with Crippen molar-refractivity contribution in [3.05, 3.63) is 29.6 Å². The molecule has 2 N–H and O–H groups in total. The normalized spacial score (nSPS) is 19.3. The highest BCUT2D eigenvalue weighted by Gasteiger charge is 2.27. The van der Waals surface area contributed by atoms with Gasteiger partial charge in [0, 0.05) is 17.7 Å². The molecule has 0 radical (unpaired) electrons. The Balaban J connectivity index is 2.35. The molecule has 1 aliphatic heterocycles. The van der Waals surface area contributed by atoms with Crippen LogP contribution in [0.4, 0.5) is 10.1 Å². The fourth-order valence-corrected chi connectivity index (χ4v) is 1.49. The Morgan fingerprint density at radius 2 is 2.38 bits per heavy atom. The summed E-state index contributed by atoms with van der Waals surface area (Å²) in [5.74, 6) is -1.29. The number of hydrogen-bond donors (Lipinski definition) is 2. The molecule has 1 heterocycles. The molecule has 0 saturated heterocycles. The predicted octanol–water partition coefficient (Wildman–Crippen LogP) is 1.25. The van der Waals surface area contributed by atoms with E-state index in [1.807, 2.05) is 0 Å². The Bertz CT molecular complexity index is 365. The average Bonchev–Trinajstić information content (AvgIpc) is 2.49. The van der Waals surface area contributed by atoms with Gasteiger partial charge >= 0.3 is 5.97 Å². The van der Waals surface area contributed by atoms with E-state index in [2.05, 4.69) is 5.32 Å². The van der Waals surface area contributed by atoms with Crippen molar-refractivity contribution < 1.29 is 14.3 Å². The number of benzene rings is 1. The standard InChI is InChI=1S/C9H8FNO2/c10-6-2-1-3-7-5(6)4-8(11-7)9(12)13/h1-3,8,11H,4H2,(H,12,13). The summed E-state index contributed by atoms with van der Waals surface area (Å²) in [5.41, 5.74) is 1.06. The zero-order valence-corrected chi connectivity index (χ0v) is 6.75. The maximum atomic E-state index is 13.1. The highest BCUT2D eigenvalue weighted by atomic mass is 19.1. The molecule has 2 rings (SSSR count). The molecule has 0 spiro atoms. The van der Waals surface area contributed by atoms with Crippen molar-refractivity contribution in [1.29, 1.82) is 0 Å². The lowest BCUT2D eigenvalue weighted by Crippen LogP contribution is -2.26. The minimum absolute atomic E-state index is 0.220. The van der Waals surface area contributed by atoms with Crippen molar-refractivity contribution in [2.45, 2.75) is 12.5 Å². The van der Waals surface area contributed by atoms with Crippen LogP contribution in [-0.4, -0.2) is 17.1 Å². The summed E-state index contributed by atoms with van der Waals surface area (Å²) in [6, 6.07) is 3.89. The number of hydrogen-bond acceptors (Lipinski definition) is 2. The van der Waals surface area contributed by atoms with Crippen LogP contribution < -0.4 is 5.32 Å². The summed E-state index contributed by atoms with van der Waals surface area (Å²) < 4.78 is 13.1. The minimum Gasteiger partial charge on any atom is -0.480 e. The summed E-state index contributed by atoms with van der Waals surface area (Å²) >= 11 is 0. The largest absolute Gasteiger partial charge is 0.480 e. The van der Waals surface area contributed by atoms with Crippen molar-refractivity contribution in [3.8, 4) is 0 Å². The Hall–Kier alpha value is -1.58. The molecule has 68 valence electrons. The molecular formula is C9H8FNO2. The van der Waals surface area contributed by atoms with Gasteiger partial charge in [0.05, 0.1) is 0 Å². The van der Waals surface area contributed by atoms with Gasteiger partial charge in [0.15, 0.2) is 0 Å². The van der Waals surface area contributed by atoms with E-state index in [0.29, 0.717) is 11.3 Å². The highest BCUT2D eigenvalue weighted by molar-refractivity contribution is 5.81. The fourth-order valence-electron chi connectivity index (χ4n) is 1.49. The maximum Gasteiger partial charge on any atom is 0.326 e. The van der Waals surface area contributed by atoms with Gasteiger partial charge in [-0.3, -0.25) is 0 Å². The van der Waals surface area contributed by atoms with Crippen LogP contribution >= 0.6 is 0 Å².